The average Bonchev–Trinajstić information content (AvgIpc) is 2.79. The number of amides is 2. The Morgan fingerprint density at radius 1 is 0.774 bits per heavy atom. The summed E-state index contributed by atoms with van der Waals surface area (Å²) in [5, 5.41) is 3.16. The van der Waals surface area contributed by atoms with Crippen LogP contribution in [0.1, 0.15) is 24.0 Å². The minimum Gasteiger partial charge on any atom is -0.273 e. The summed E-state index contributed by atoms with van der Waals surface area (Å²) in [4.78, 5) is 33.7. The third-order valence-corrected chi connectivity index (χ3v) is 5.63. The van der Waals surface area contributed by atoms with Gasteiger partial charge in [0.2, 0.25) is 17.8 Å². The summed E-state index contributed by atoms with van der Waals surface area (Å²) in [6, 6.07) is 15.4. The van der Waals surface area contributed by atoms with E-state index in [9.17, 15) is 9.59 Å². The van der Waals surface area contributed by atoms with E-state index in [0.717, 1.165) is 22.5 Å². The van der Waals surface area contributed by atoms with Crippen molar-refractivity contribution in [2.75, 3.05) is 20.9 Å². The summed E-state index contributed by atoms with van der Waals surface area (Å²) in [6.45, 7) is 0. The van der Waals surface area contributed by atoms with E-state index >= 15 is 0 Å². The van der Waals surface area contributed by atoms with Crippen molar-refractivity contribution in [3.63, 3.8) is 0 Å². The van der Waals surface area contributed by atoms with E-state index in [0.29, 0.717) is 25.7 Å². The van der Waals surface area contributed by atoms with E-state index < -0.39 is 0 Å². The highest BCUT2D eigenvalue weighted by Gasteiger charge is 2.27. The molecule has 2 aromatic carbocycles. The molecule has 0 bridgehead atoms. The number of nitrogens with zero attached hydrogens (tertiary/aromatic N) is 4. The zero-order valence-electron chi connectivity index (χ0n) is 16.5. The van der Waals surface area contributed by atoms with Gasteiger partial charge in [0, 0.05) is 12.8 Å². The van der Waals surface area contributed by atoms with Crippen molar-refractivity contribution in [3.8, 4) is 0 Å². The molecular formula is C22H19ClN6O2. The molecule has 5 rings (SSSR count). The lowest BCUT2D eigenvalue weighted by molar-refractivity contribution is -0.119. The quantitative estimate of drug-likeness (QED) is 0.650. The number of fused-ring (bicyclic) bond motifs is 2. The van der Waals surface area contributed by atoms with Gasteiger partial charge in [-0.15, -0.1) is 0 Å². The van der Waals surface area contributed by atoms with Gasteiger partial charge in [-0.2, -0.15) is 4.98 Å². The van der Waals surface area contributed by atoms with Crippen molar-refractivity contribution in [3.05, 3.63) is 70.9 Å². The molecule has 8 nitrogen and oxygen atoms in total. The second kappa shape index (κ2) is 7.88. The third-order valence-electron chi connectivity index (χ3n) is 5.35. The lowest BCUT2D eigenvalue weighted by Gasteiger charge is -2.31. The van der Waals surface area contributed by atoms with Gasteiger partial charge in [0.05, 0.1) is 17.6 Å². The van der Waals surface area contributed by atoms with E-state index in [1.165, 1.54) is 16.2 Å². The second-order valence-corrected chi connectivity index (χ2v) is 7.74. The van der Waals surface area contributed by atoms with Gasteiger partial charge >= 0.3 is 0 Å². The number of hydrogen-bond donors (Lipinski definition) is 2. The lowest BCUT2D eigenvalue weighted by Crippen LogP contribution is -2.41. The van der Waals surface area contributed by atoms with Crippen LogP contribution in [0.5, 0.6) is 0 Å². The summed E-state index contributed by atoms with van der Waals surface area (Å²) in [6.07, 6.45) is 3.59. The highest BCUT2D eigenvalue weighted by Crippen LogP contribution is 2.31. The number of benzene rings is 2. The predicted octanol–water partition coefficient (Wildman–Crippen LogP) is 3.74. The number of hydrogen-bond acceptors (Lipinski definition) is 6. The van der Waals surface area contributed by atoms with Crippen LogP contribution in [-0.2, 0) is 22.4 Å². The highest BCUT2D eigenvalue weighted by molar-refractivity contribution is 6.32. The third kappa shape index (κ3) is 3.66. The van der Waals surface area contributed by atoms with Crippen molar-refractivity contribution in [1.29, 1.82) is 0 Å². The Balaban J connectivity index is 1.43. The zero-order valence-corrected chi connectivity index (χ0v) is 17.3. The van der Waals surface area contributed by atoms with Crippen LogP contribution in [0.4, 0.5) is 23.1 Å². The molecule has 9 heteroatoms. The summed E-state index contributed by atoms with van der Waals surface area (Å²) in [5.74, 6) is 0.298. The first-order valence-corrected chi connectivity index (χ1v) is 10.4. The Morgan fingerprint density at radius 2 is 1.32 bits per heavy atom. The van der Waals surface area contributed by atoms with Gasteiger partial charge in [-0.1, -0.05) is 48.0 Å². The molecule has 3 aromatic rings. The fourth-order valence-corrected chi connectivity index (χ4v) is 3.94. The Bertz CT molecular complexity index is 1180. The number of halogens is 1. The Kier molecular flexibility index (Phi) is 4.91. The summed E-state index contributed by atoms with van der Waals surface area (Å²) < 4.78 is 0. The molecule has 1 aromatic heterocycles. The van der Waals surface area contributed by atoms with Gasteiger partial charge in [-0.05, 0) is 36.1 Å². The molecule has 0 atom stereocenters. The topological polar surface area (TPSA) is 90.5 Å². The number of anilines is 4. The fraction of sp³-hybridized carbons (Fsp3) is 0.182. The summed E-state index contributed by atoms with van der Waals surface area (Å²) in [7, 11) is 0. The molecule has 0 aliphatic carbocycles. The highest BCUT2D eigenvalue weighted by atomic mass is 35.5. The minimum atomic E-state index is -0.0805. The van der Waals surface area contributed by atoms with Gasteiger partial charge in [0.25, 0.3) is 0 Å². The number of hydrazine groups is 2. The molecule has 0 radical (unpaired) electrons. The van der Waals surface area contributed by atoms with Crippen molar-refractivity contribution in [2.24, 2.45) is 0 Å². The van der Waals surface area contributed by atoms with E-state index in [1.807, 2.05) is 48.5 Å². The van der Waals surface area contributed by atoms with Gasteiger partial charge in [0.15, 0.2) is 5.82 Å². The van der Waals surface area contributed by atoms with Crippen molar-refractivity contribution >= 4 is 46.6 Å². The molecule has 2 N–H and O–H groups in total. The van der Waals surface area contributed by atoms with Crippen LogP contribution in [0.3, 0.4) is 0 Å². The standard InChI is InChI=1S/C22H19ClN6O2/c23-16-13-24-22(27-29-18-8-4-2-6-15(18)10-12-20(29)31)25-21(16)26-28-17-7-3-1-5-14(17)9-11-19(28)30/h1-8,13H,9-12H2,(H2,24,25,26,27). The maximum Gasteiger partial charge on any atom is 0.246 e. The molecule has 0 spiro atoms. The lowest BCUT2D eigenvalue weighted by atomic mass is 10.0. The molecule has 2 aliphatic heterocycles. The smallest absolute Gasteiger partial charge is 0.246 e. The first-order chi connectivity index (χ1) is 15.1. The normalized spacial score (nSPS) is 15.4. The number of aromatic nitrogens is 2. The largest absolute Gasteiger partial charge is 0.273 e. The number of carbonyl (C=O) groups is 2. The number of carbonyl (C=O) groups excluding carboxylic acids is 2. The second-order valence-electron chi connectivity index (χ2n) is 7.33. The Labute approximate surface area is 183 Å². The van der Waals surface area contributed by atoms with Crippen LogP contribution < -0.4 is 20.9 Å². The number of nitrogens with one attached hydrogen (secondary N) is 2. The van der Waals surface area contributed by atoms with Crippen LogP contribution in [0, 0.1) is 0 Å². The first-order valence-electron chi connectivity index (χ1n) is 9.98. The maximum absolute atomic E-state index is 12.6. The van der Waals surface area contributed by atoms with Crippen LogP contribution in [0.25, 0.3) is 0 Å². The van der Waals surface area contributed by atoms with Crippen LogP contribution in [-0.4, -0.2) is 21.8 Å². The van der Waals surface area contributed by atoms with Crippen LogP contribution in [0.15, 0.2) is 54.7 Å². The molecule has 0 saturated heterocycles. The molecule has 2 aliphatic rings. The van der Waals surface area contributed by atoms with Crippen LogP contribution >= 0.6 is 11.6 Å². The number of para-hydroxylation sites is 2. The van der Waals surface area contributed by atoms with E-state index in [2.05, 4.69) is 20.8 Å². The molecule has 156 valence electrons. The number of rotatable bonds is 4. The van der Waals surface area contributed by atoms with E-state index in [4.69, 9.17) is 11.6 Å². The van der Waals surface area contributed by atoms with Crippen molar-refractivity contribution in [2.45, 2.75) is 25.7 Å². The summed E-state index contributed by atoms with van der Waals surface area (Å²) in [5.41, 5.74) is 9.67. The molecular weight excluding hydrogens is 416 g/mol. The first kappa shape index (κ1) is 19.3. The monoisotopic (exact) mass is 434 g/mol. The van der Waals surface area contributed by atoms with Gasteiger partial charge < -0.3 is 0 Å². The molecule has 0 saturated carbocycles. The molecule has 2 amide bonds. The molecule has 0 fully saturated rings. The Hall–Kier alpha value is -3.65. The minimum absolute atomic E-state index is 0.0769. The summed E-state index contributed by atoms with van der Waals surface area (Å²) >= 11 is 6.31. The SMILES string of the molecule is O=C1CCc2ccccc2N1Nc1ncc(Cl)c(NN2C(=O)CCc3ccccc32)n1. The van der Waals surface area contributed by atoms with Gasteiger partial charge in [-0.25, -0.2) is 15.0 Å². The Morgan fingerprint density at radius 3 is 1.94 bits per heavy atom. The maximum atomic E-state index is 12.6. The van der Waals surface area contributed by atoms with Crippen molar-refractivity contribution < 1.29 is 9.59 Å². The molecule has 0 unspecified atom stereocenters. The molecule has 3 heterocycles. The van der Waals surface area contributed by atoms with Crippen molar-refractivity contribution in [1.82, 2.24) is 9.97 Å². The fourth-order valence-electron chi connectivity index (χ4n) is 3.81. The van der Waals surface area contributed by atoms with Gasteiger partial charge in [0.1, 0.15) is 5.02 Å². The number of aryl methyl sites for hydroxylation is 2. The average molecular weight is 435 g/mol. The molecule has 31 heavy (non-hydrogen) atoms. The van der Waals surface area contributed by atoms with Gasteiger partial charge in [-0.3, -0.25) is 20.4 Å². The zero-order chi connectivity index (χ0) is 21.4. The van der Waals surface area contributed by atoms with E-state index in [-0.39, 0.29) is 28.6 Å². The predicted molar refractivity (Wildman–Crippen MR) is 119 cm³/mol. The van der Waals surface area contributed by atoms with E-state index in [1.54, 1.807) is 0 Å². The van der Waals surface area contributed by atoms with Crippen LogP contribution in [0.2, 0.25) is 5.02 Å².